The summed E-state index contributed by atoms with van der Waals surface area (Å²) in [6.07, 6.45) is 6.11. The molecule has 21 heavy (non-hydrogen) atoms. The molecule has 4 heteroatoms. The van der Waals surface area contributed by atoms with Crippen LogP contribution in [0.5, 0.6) is 5.75 Å². The first-order chi connectivity index (χ1) is 9.97. The van der Waals surface area contributed by atoms with Crippen LogP contribution in [0.25, 0.3) is 0 Å². The third-order valence-electron chi connectivity index (χ3n) is 4.98. The van der Waals surface area contributed by atoms with Crippen LogP contribution in [0.2, 0.25) is 0 Å². The Bertz CT molecular complexity index is 476. The van der Waals surface area contributed by atoms with Gasteiger partial charge in [-0.2, -0.15) is 0 Å². The highest BCUT2D eigenvalue weighted by Crippen LogP contribution is 2.43. The first kappa shape index (κ1) is 16.8. The minimum atomic E-state index is 0.295. The molecule has 1 aliphatic carbocycles. The average molecular weight is 355 g/mol. The molecule has 0 bridgehead atoms. The summed E-state index contributed by atoms with van der Waals surface area (Å²) >= 11 is 3.65. The van der Waals surface area contributed by atoms with Gasteiger partial charge in [-0.1, -0.05) is 42.6 Å². The van der Waals surface area contributed by atoms with Crippen molar-refractivity contribution < 1.29 is 4.74 Å². The molecule has 0 radical (unpaired) electrons. The predicted octanol–water partition coefficient (Wildman–Crippen LogP) is 4.05. The molecule has 0 amide bonds. The van der Waals surface area contributed by atoms with Gasteiger partial charge in [-0.3, -0.25) is 11.3 Å². The largest absolute Gasteiger partial charge is 0.497 e. The van der Waals surface area contributed by atoms with E-state index in [1.807, 2.05) is 12.1 Å². The lowest BCUT2D eigenvalue weighted by Gasteiger charge is -2.43. The summed E-state index contributed by atoms with van der Waals surface area (Å²) in [7, 11) is 1.70. The number of hydrazine groups is 1. The molecule has 2 unspecified atom stereocenters. The van der Waals surface area contributed by atoms with Gasteiger partial charge >= 0.3 is 0 Å². The van der Waals surface area contributed by atoms with E-state index in [-0.39, 0.29) is 0 Å². The highest BCUT2D eigenvalue weighted by molar-refractivity contribution is 9.10. The van der Waals surface area contributed by atoms with E-state index in [1.54, 1.807) is 7.11 Å². The molecule has 1 fully saturated rings. The summed E-state index contributed by atoms with van der Waals surface area (Å²) in [5, 5.41) is 0. The van der Waals surface area contributed by atoms with Gasteiger partial charge in [-0.25, -0.2) is 0 Å². The SMILES string of the molecule is COc1ccc(Br)c(CC(NN)C2CCCCC2(C)C)c1. The maximum absolute atomic E-state index is 5.90. The summed E-state index contributed by atoms with van der Waals surface area (Å²) in [6, 6.07) is 6.42. The smallest absolute Gasteiger partial charge is 0.119 e. The molecular formula is C17H27BrN2O. The number of rotatable bonds is 5. The van der Waals surface area contributed by atoms with Crippen molar-refractivity contribution in [1.29, 1.82) is 0 Å². The monoisotopic (exact) mass is 354 g/mol. The second kappa shape index (κ2) is 7.12. The van der Waals surface area contributed by atoms with E-state index in [0.29, 0.717) is 17.4 Å². The molecule has 2 rings (SSSR count). The van der Waals surface area contributed by atoms with Crippen LogP contribution in [0.3, 0.4) is 0 Å². The Kier molecular flexibility index (Phi) is 5.69. The molecule has 3 N–H and O–H groups in total. The van der Waals surface area contributed by atoms with Crippen molar-refractivity contribution in [2.75, 3.05) is 7.11 Å². The van der Waals surface area contributed by atoms with Crippen LogP contribution >= 0.6 is 15.9 Å². The molecular weight excluding hydrogens is 328 g/mol. The second-order valence-electron chi connectivity index (χ2n) is 6.78. The van der Waals surface area contributed by atoms with E-state index >= 15 is 0 Å². The van der Waals surface area contributed by atoms with E-state index in [2.05, 4.69) is 41.3 Å². The number of methoxy groups -OCH3 is 1. The van der Waals surface area contributed by atoms with Crippen molar-refractivity contribution in [1.82, 2.24) is 5.43 Å². The normalized spacial score (nSPS) is 22.8. The van der Waals surface area contributed by atoms with Gasteiger partial charge in [0, 0.05) is 10.5 Å². The van der Waals surface area contributed by atoms with E-state index in [4.69, 9.17) is 10.6 Å². The second-order valence-corrected chi connectivity index (χ2v) is 7.63. The fourth-order valence-corrected chi connectivity index (χ4v) is 4.06. The van der Waals surface area contributed by atoms with Crippen LogP contribution in [0.15, 0.2) is 22.7 Å². The van der Waals surface area contributed by atoms with Crippen LogP contribution in [0, 0.1) is 11.3 Å². The Morgan fingerprint density at radius 2 is 2.19 bits per heavy atom. The maximum atomic E-state index is 5.90. The lowest BCUT2D eigenvalue weighted by molar-refractivity contribution is 0.0981. The van der Waals surface area contributed by atoms with E-state index in [0.717, 1.165) is 16.6 Å². The number of hydrogen-bond acceptors (Lipinski definition) is 3. The van der Waals surface area contributed by atoms with Crippen molar-refractivity contribution in [3.63, 3.8) is 0 Å². The Balaban J connectivity index is 2.18. The molecule has 1 aromatic rings. The highest BCUT2D eigenvalue weighted by Gasteiger charge is 2.37. The van der Waals surface area contributed by atoms with E-state index < -0.39 is 0 Å². The minimum Gasteiger partial charge on any atom is -0.497 e. The fraction of sp³-hybridized carbons (Fsp3) is 0.647. The van der Waals surface area contributed by atoms with Crippen molar-refractivity contribution in [2.24, 2.45) is 17.2 Å². The zero-order valence-electron chi connectivity index (χ0n) is 13.3. The zero-order chi connectivity index (χ0) is 15.5. The van der Waals surface area contributed by atoms with Crippen LogP contribution in [-0.4, -0.2) is 13.2 Å². The number of ether oxygens (including phenoxy) is 1. The molecule has 3 nitrogen and oxygen atoms in total. The molecule has 0 saturated heterocycles. The summed E-state index contributed by atoms with van der Waals surface area (Å²) in [5.41, 5.74) is 4.68. The third-order valence-corrected chi connectivity index (χ3v) is 5.76. The summed E-state index contributed by atoms with van der Waals surface area (Å²) in [5.74, 6) is 7.40. The van der Waals surface area contributed by atoms with Crippen molar-refractivity contribution in [3.05, 3.63) is 28.2 Å². The molecule has 1 saturated carbocycles. The van der Waals surface area contributed by atoms with Crippen LogP contribution < -0.4 is 16.0 Å². The van der Waals surface area contributed by atoms with E-state index in [9.17, 15) is 0 Å². The van der Waals surface area contributed by atoms with Crippen LogP contribution in [-0.2, 0) is 6.42 Å². The van der Waals surface area contributed by atoms with Gasteiger partial charge in [0.05, 0.1) is 7.11 Å². The van der Waals surface area contributed by atoms with Gasteiger partial charge in [0.25, 0.3) is 0 Å². The summed E-state index contributed by atoms with van der Waals surface area (Å²) in [6.45, 7) is 4.75. The molecule has 1 aromatic carbocycles. The Labute approximate surface area is 136 Å². The standard InChI is InChI=1S/C17H27BrN2O/c1-17(2)9-5-4-6-14(17)16(20-19)11-12-10-13(21-3)7-8-15(12)18/h7-8,10,14,16,20H,4-6,9,11,19H2,1-3H3. The number of hydrogen-bond donors (Lipinski definition) is 2. The molecule has 0 spiro atoms. The van der Waals surface area contributed by atoms with Gasteiger partial charge in [-0.15, -0.1) is 0 Å². The summed E-state index contributed by atoms with van der Waals surface area (Å²) in [4.78, 5) is 0. The minimum absolute atomic E-state index is 0.295. The Morgan fingerprint density at radius 1 is 1.43 bits per heavy atom. The molecule has 0 aliphatic heterocycles. The first-order valence-electron chi connectivity index (χ1n) is 7.76. The van der Waals surface area contributed by atoms with Gasteiger partial charge in [0.2, 0.25) is 0 Å². The number of benzene rings is 1. The topological polar surface area (TPSA) is 47.3 Å². The molecule has 0 aromatic heterocycles. The van der Waals surface area contributed by atoms with Gasteiger partial charge in [0.15, 0.2) is 0 Å². The van der Waals surface area contributed by atoms with Gasteiger partial charge in [-0.05, 0) is 54.4 Å². The van der Waals surface area contributed by atoms with Gasteiger partial charge in [0.1, 0.15) is 5.75 Å². The first-order valence-corrected chi connectivity index (χ1v) is 8.56. The van der Waals surface area contributed by atoms with Crippen LogP contribution in [0.4, 0.5) is 0 Å². The Morgan fingerprint density at radius 3 is 2.81 bits per heavy atom. The average Bonchev–Trinajstić information content (AvgIpc) is 2.46. The lowest BCUT2D eigenvalue weighted by atomic mass is 9.65. The van der Waals surface area contributed by atoms with Crippen molar-refractivity contribution in [3.8, 4) is 5.75 Å². The highest BCUT2D eigenvalue weighted by atomic mass is 79.9. The molecule has 118 valence electrons. The van der Waals surface area contributed by atoms with E-state index in [1.165, 1.54) is 31.2 Å². The van der Waals surface area contributed by atoms with Gasteiger partial charge < -0.3 is 4.74 Å². The Hall–Kier alpha value is -0.580. The number of nitrogens with one attached hydrogen (secondary N) is 1. The maximum Gasteiger partial charge on any atom is 0.119 e. The van der Waals surface area contributed by atoms with Crippen LogP contribution in [0.1, 0.15) is 45.1 Å². The van der Waals surface area contributed by atoms with Crippen molar-refractivity contribution >= 4 is 15.9 Å². The fourth-order valence-electron chi connectivity index (χ4n) is 3.66. The summed E-state index contributed by atoms with van der Waals surface area (Å²) < 4.78 is 6.46. The number of halogens is 1. The molecule has 0 heterocycles. The lowest BCUT2D eigenvalue weighted by Crippen LogP contribution is -2.48. The molecule has 2 atom stereocenters. The predicted molar refractivity (Wildman–Crippen MR) is 91.2 cm³/mol. The zero-order valence-corrected chi connectivity index (χ0v) is 14.9. The third kappa shape index (κ3) is 3.99. The van der Waals surface area contributed by atoms with Crippen molar-refractivity contribution in [2.45, 2.75) is 52.0 Å². The quantitative estimate of drug-likeness (QED) is 0.619. The number of nitrogens with two attached hydrogens (primary N) is 1. The molecule has 1 aliphatic rings.